The Morgan fingerprint density at radius 2 is 1.67 bits per heavy atom. The van der Waals surface area contributed by atoms with Crippen LogP contribution < -0.4 is 9.46 Å². The van der Waals surface area contributed by atoms with Crippen LogP contribution in [0.15, 0.2) is 65.6 Å². The van der Waals surface area contributed by atoms with Crippen molar-refractivity contribution in [3.8, 4) is 5.75 Å². The first kappa shape index (κ1) is 21.1. The second-order valence-corrected chi connectivity index (χ2v) is 8.40. The minimum absolute atomic E-state index is 0.107. The lowest BCUT2D eigenvalue weighted by molar-refractivity contribution is -0.141. The minimum Gasteiger partial charge on any atom is -0.479 e. The zero-order valence-electron chi connectivity index (χ0n) is 14.7. The summed E-state index contributed by atoms with van der Waals surface area (Å²) in [5, 5.41) is 0. The van der Waals surface area contributed by atoms with Crippen molar-refractivity contribution in [3.63, 3.8) is 0 Å². The predicted octanol–water partition coefficient (Wildman–Crippen LogP) is 2.03. The van der Waals surface area contributed by atoms with Gasteiger partial charge in [0.2, 0.25) is 21.1 Å². The molecule has 1 N–H and O–H groups in total. The Hall–Kier alpha value is -2.23. The van der Waals surface area contributed by atoms with E-state index in [0.29, 0.717) is 12.2 Å². The number of rotatable bonds is 10. The molecule has 0 heterocycles. The summed E-state index contributed by atoms with van der Waals surface area (Å²) in [5.74, 6) is -0.423. The Morgan fingerprint density at radius 3 is 2.26 bits per heavy atom. The molecule has 2 aromatic rings. The van der Waals surface area contributed by atoms with E-state index in [0.717, 1.165) is 0 Å². The van der Waals surface area contributed by atoms with Crippen LogP contribution >= 0.6 is 0 Å². The fourth-order valence-electron chi connectivity index (χ4n) is 2.09. The molecule has 2 aromatic carbocycles. The van der Waals surface area contributed by atoms with Crippen LogP contribution in [0.3, 0.4) is 0 Å². The van der Waals surface area contributed by atoms with E-state index in [1.54, 1.807) is 49.4 Å². The first-order chi connectivity index (χ1) is 12.9. The highest BCUT2D eigenvalue weighted by Gasteiger charge is 2.23. The number of nitrogens with one attached hydrogen (secondary N) is 1. The molecule has 0 bridgehead atoms. The molecule has 2 rings (SSSR count). The van der Waals surface area contributed by atoms with E-state index in [-0.39, 0.29) is 17.2 Å². The fraction of sp³-hybridized carbons (Fsp3) is 0.278. The Balaban J connectivity index is 1.81. The molecule has 0 aliphatic heterocycles. The number of para-hydroxylation sites is 1. The average Bonchev–Trinajstić information content (AvgIpc) is 2.67. The normalized spacial score (nSPS) is 13.5. The summed E-state index contributed by atoms with van der Waals surface area (Å²) in [6.07, 6.45) is -0.552. The predicted molar refractivity (Wildman–Crippen MR) is 102 cm³/mol. The molecule has 146 valence electrons. The molecule has 9 heteroatoms. The Labute approximate surface area is 161 Å². The highest BCUT2D eigenvalue weighted by molar-refractivity contribution is 7.89. The van der Waals surface area contributed by atoms with Gasteiger partial charge in [-0.1, -0.05) is 43.3 Å². The first-order valence-electron chi connectivity index (χ1n) is 8.29. The molecular weight excluding hydrogens is 390 g/mol. The van der Waals surface area contributed by atoms with Gasteiger partial charge in [-0.2, -0.15) is 0 Å². The molecule has 0 saturated carbocycles. The maximum atomic E-state index is 12.1. The third-order valence-corrected chi connectivity index (χ3v) is 5.81. The van der Waals surface area contributed by atoms with Crippen molar-refractivity contribution in [1.82, 2.24) is 4.72 Å². The molecule has 0 saturated heterocycles. The Bertz CT molecular complexity index is 856. The van der Waals surface area contributed by atoms with Crippen molar-refractivity contribution in [1.29, 1.82) is 0 Å². The molecule has 0 fully saturated rings. The molecular formula is C18H21NO6S2. The topological polar surface area (TPSA) is 98.8 Å². The van der Waals surface area contributed by atoms with Gasteiger partial charge in [-0.15, -0.1) is 0 Å². The highest BCUT2D eigenvalue weighted by atomic mass is 32.2. The summed E-state index contributed by atoms with van der Waals surface area (Å²) >= 11 is -1.98. The van der Waals surface area contributed by atoms with Gasteiger partial charge in [0.25, 0.3) is 0 Å². The largest absolute Gasteiger partial charge is 0.479 e. The highest BCUT2D eigenvalue weighted by Crippen LogP contribution is 2.14. The molecule has 0 spiro atoms. The monoisotopic (exact) mass is 411 g/mol. The Morgan fingerprint density at radius 1 is 1.07 bits per heavy atom. The summed E-state index contributed by atoms with van der Waals surface area (Å²) in [6.45, 7) is 1.61. The third kappa shape index (κ3) is 6.78. The number of carbonyl (C=O) groups excluding carboxylic acids is 1. The van der Waals surface area contributed by atoms with Crippen LogP contribution in [-0.2, 0) is 30.1 Å². The number of ether oxygens (including phenoxy) is 1. The number of sulfonamides is 1. The Kier molecular flexibility index (Phi) is 7.96. The second kappa shape index (κ2) is 10.2. The number of hydrogen-bond donors (Lipinski definition) is 1. The SMILES string of the molecule is CCC(Oc1ccccc1)C(=O)OS(=O)CCNS(=O)(=O)c1ccccc1. The van der Waals surface area contributed by atoms with Crippen LogP contribution in [0, 0.1) is 0 Å². The molecule has 2 atom stereocenters. The summed E-state index contributed by atoms with van der Waals surface area (Å²) in [6, 6.07) is 16.6. The van der Waals surface area contributed by atoms with Gasteiger partial charge in [0.1, 0.15) is 5.75 Å². The molecule has 27 heavy (non-hydrogen) atoms. The minimum atomic E-state index is -3.70. The molecule has 2 unspecified atom stereocenters. The van der Waals surface area contributed by atoms with Crippen LogP contribution in [0.2, 0.25) is 0 Å². The zero-order valence-corrected chi connectivity index (χ0v) is 16.4. The molecule has 7 nitrogen and oxygen atoms in total. The quantitative estimate of drug-likeness (QED) is 0.642. The molecule has 0 radical (unpaired) electrons. The van der Waals surface area contributed by atoms with E-state index in [2.05, 4.69) is 4.72 Å². The summed E-state index contributed by atoms with van der Waals surface area (Å²) < 4.78 is 48.7. The van der Waals surface area contributed by atoms with E-state index in [1.807, 2.05) is 6.07 Å². The second-order valence-electron chi connectivity index (χ2n) is 5.45. The average molecular weight is 412 g/mol. The lowest BCUT2D eigenvalue weighted by Crippen LogP contribution is -2.32. The smallest absolute Gasteiger partial charge is 0.361 e. The van der Waals surface area contributed by atoms with Crippen LogP contribution in [0.1, 0.15) is 13.3 Å². The van der Waals surface area contributed by atoms with Gasteiger partial charge >= 0.3 is 5.97 Å². The standard InChI is InChI=1S/C18H21NO6S2/c1-2-17(24-15-9-5-3-6-10-15)18(20)25-26(21)14-13-19-27(22,23)16-11-7-4-8-12-16/h3-12,17,19H,2,13-14H2,1H3. The molecule has 0 aliphatic rings. The van der Waals surface area contributed by atoms with Gasteiger partial charge in [0.15, 0.2) is 6.10 Å². The fourth-order valence-corrected chi connectivity index (χ4v) is 3.92. The van der Waals surface area contributed by atoms with E-state index in [9.17, 15) is 17.4 Å². The van der Waals surface area contributed by atoms with Gasteiger partial charge in [0.05, 0.1) is 10.6 Å². The van der Waals surface area contributed by atoms with Crippen molar-refractivity contribution in [2.24, 2.45) is 0 Å². The van der Waals surface area contributed by atoms with E-state index in [1.165, 1.54) is 12.1 Å². The van der Waals surface area contributed by atoms with Gasteiger partial charge < -0.3 is 8.92 Å². The number of hydrogen-bond acceptors (Lipinski definition) is 6. The zero-order chi connectivity index (χ0) is 19.7. The number of benzene rings is 2. The van der Waals surface area contributed by atoms with Gasteiger partial charge in [-0.3, -0.25) is 0 Å². The lowest BCUT2D eigenvalue weighted by Gasteiger charge is -2.15. The van der Waals surface area contributed by atoms with Gasteiger partial charge in [-0.05, 0) is 30.7 Å². The van der Waals surface area contributed by atoms with Gasteiger partial charge in [-0.25, -0.2) is 22.1 Å². The summed E-state index contributed by atoms with van der Waals surface area (Å²) in [5.41, 5.74) is 0. The summed E-state index contributed by atoms with van der Waals surface area (Å²) in [4.78, 5) is 12.2. The van der Waals surface area contributed by atoms with E-state index in [4.69, 9.17) is 8.92 Å². The van der Waals surface area contributed by atoms with E-state index < -0.39 is 33.2 Å². The van der Waals surface area contributed by atoms with Crippen LogP contribution in [-0.4, -0.2) is 37.0 Å². The van der Waals surface area contributed by atoms with Gasteiger partial charge in [0, 0.05) is 6.54 Å². The molecule has 0 aliphatic carbocycles. The van der Waals surface area contributed by atoms with Crippen molar-refractivity contribution < 1.29 is 26.3 Å². The molecule has 0 aromatic heterocycles. The van der Waals surface area contributed by atoms with Crippen LogP contribution in [0.4, 0.5) is 0 Å². The van der Waals surface area contributed by atoms with Crippen molar-refractivity contribution in [2.75, 3.05) is 12.3 Å². The maximum Gasteiger partial charge on any atom is 0.361 e. The summed E-state index contributed by atoms with van der Waals surface area (Å²) in [7, 11) is -3.70. The van der Waals surface area contributed by atoms with Crippen LogP contribution in [0.25, 0.3) is 0 Å². The van der Waals surface area contributed by atoms with Crippen molar-refractivity contribution >= 4 is 27.1 Å². The van der Waals surface area contributed by atoms with Crippen molar-refractivity contribution in [2.45, 2.75) is 24.3 Å². The third-order valence-electron chi connectivity index (χ3n) is 3.44. The van der Waals surface area contributed by atoms with E-state index >= 15 is 0 Å². The van der Waals surface area contributed by atoms with Crippen molar-refractivity contribution in [3.05, 3.63) is 60.7 Å². The van der Waals surface area contributed by atoms with Crippen LogP contribution in [0.5, 0.6) is 5.75 Å². The first-order valence-corrected chi connectivity index (χ1v) is 11.0. The number of carbonyl (C=O) groups is 1. The lowest BCUT2D eigenvalue weighted by atomic mass is 10.3. The molecule has 0 amide bonds. The maximum absolute atomic E-state index is 12.1.